The van der Waals surface area contributed by atoms with Crippen molar-refractivity contribution in [3.05, 3.63) is 29.3 Å². The molecule has 1 rings (SSSR count). The number of carboxylic acids is 1. The Hall–Kier alpha value is -1.65. The molecule has 0 atom stereocenters. The van der Waals surface area contributed by atoms with Gasteiger partial charge in [0, 0.05) is 0 Å². The minimum atomic E-state index is -1.36. The summed E-state index contributed by atoms with van der Waals surface area (Å²) in [7, 11) is 0. The summed E-state index contributed by atoms with van der Waals surface area (Å²) in [6, 6.07) is 1.73. The van der Waals surface area contributed by atoms with Crippen molar-refractivity contribution >= 4 is 5.97 Å². The van der Waals surface area contributed by atoms with Crippen molar-refractivity contribution in [1.29, 1.82) is 0 Å². The summed E-state index contributed by atoms with van der Waals surface area (Å²) in [5, 5.41) is 8.81. The van der Waals surface area contributed by atoms with Crippen molar-refractivity contribution in [2.24, 2.45) is 0 Å². The third-order valence-electron chi connectivity index (χ3n) is 1.69. The summed E-state index contributed by atoms with van der Waals surface area (Å²) in [5.74, 6) is -4.35. The van der Waals surface area contributed by atoms with E-state index in [9.17, 15) is 13.6 Å². The van der Waals surface area contributed by atoms with Crippen LogP contribution in [0.2, 0.25) is 0 Å². The van der Waals surface area contributed by atoms with Gasteiger partial charge in [0.15, 0.2) is 11.6 Å². The lowest BCUT2D eigenvalue weighted by atomic mass is 10.1. The first-order chi connectivity index (χ1) is 7.22. The highest BCUT2D eigenvalue weighted by Gasteiger charge is 2.24. The zero-order valence-electron chi connectivity index (χ0n) is 9.17. The van der Waals surface area contributed by atoms with Crippen LogP contribution >= 0.6 is 0 Å². The number of rotatable bonds is 2. The number of carbonyl (C=O) groups is 1. The predicted octanol–water partition coefficient (Wildman–Crippen LogP) is 2.84. The first kappa shape index (κ1) is 12.4. The summed E-state index contributed by atoms with van der Waals surface area (Å²) in [5.41, 5.74) is -1.20. The fraction of sp³-hybridized carbons (Fsp3) is 0.364. The van der Waals surface area contributed by atoms with Crippen molar-refractivity contribution in [1.82, 2.24) is 0 Å². The molecule has 16 heavy (non-hydrogen) atoms. The first-order valence-corrected chi connectivity index (χ1v) is 4.62. The summed E-state index contributed by atoms with van der Waals surface area (Å²) in [6.45, 7) is 4.84. The van der Waals surface area contributed by atoms with E-state index >= 15 is 0 Å². The maximum atomic E-state index is 13.4. The molecule has 1 aromatic carbocycles. The van der Waals surface area contributed by atoms with Crippen LogP contribution in [0, 0.1) is 11.6 Å². The Morgan fingerprint density at radius 2 is 1.88 bits per heavy atom. The molecule has 0 aromatic heterocycles. The number of hydrogen-bond donors (Lipinski definition) is 1. The summed E-state index contributed by atoms with van der Waals surface area (Å²) in [4.78, 5) is 10.8. The highest BCUT2D eigenvalue weighted by molar-refractivity contribution is 5.90. The standard InChI is InChI=1S/C11H12F2O3/c1-11(2,3)16-9-6(10(14)15)4-5-7(12)8(9)13/h4-5H,1-3H3,(H,14,15). The average Bonchev–Trinajstić information content (AvgIpc) is 2.10. The second kappa shape index (κ2) is 4.08. The van der Waals surface area contributed by atoms with Crippen molar-refractivity contribution in [2.75, 3.05) is 0 Å². The molecule has 0 aliphatic carbocycles. The quantitative estimate of drug-likeness (QED) is 0.849. The van der Waals surface area contributed by atoms with Crippen molar-refractivity contribution in [3.8, 4) is 5.75 Å². The zero-order chi connectivity index (χ0) is 12.5. The second-order valence-corrected chi connectivity index (χ2v) is 4.26. The van der Waals surface area contributed by atoms with Gasteiger partial charge in [-0.1, -0.05) is 0 Å². The number of hydrogen-bond acceptors (Lipinski definition) is 2. The summed E-state index contributed by atoms with van der Waals surface area (Å²) in [6.07, 6.45) is 0. The molecule has 5 heteroatoms. The fourth-order valence-electron chi connectivity index (χ4n) is 1.11. The monoisotopic (exact) mass is 230 g/mol. The molecule has 0 radical (unpaired) electrons. The lowest BCUT2D eigenvalue weighted by Gasteiger charge is -2.22. The average molecular weight is 230 g/mol. The molecule has 0 bridgehead atoms. The zero-order valence-corrected chi connectivity index (χ0v) is 9.17. The van der Waals surface area contributed by atoms with E-state index in [-0.39, 0.29) is 0 Å². The van der Waals surface area contributed by atoms with E-state index in [1.54, 1.807) is 20.8 Å². The van der Waals surface area contributed by atoms with E-state index in [0.717, 1.165) is 12.1 Å². The number of benzene rings is 1. The maximum absolute atomic E-state index is 13.4. The van der Waals surface area contributed by atoms with E-state index in [1.807, 2.05) is 0 Å². The normalized spacial score (nSPS) is 11.3. The lowest BCUT2D eigenvalue weighted by Crippen LogP contribution is -2.25. The number of halogens is 2. The van der Waals surface area contributed by atoms with Crippen LogP contribution in [0.5, 0.6) is 5.75 Å². The van der Waals surface area contributed by atoms with Gasteiger partial charge < -0.3 is 9.84 Å². The molecule has 88 valence electrons. The maximum Gasteiger partial charge on any atom is 0.339 e. The highest BCUT2D eigenvalue weighted by Crippen LogP contribution is 2.28. The van der Waals surface area contributed by atoms with Gasteiger partial charge in [-0.3, -0.25) is 0 Å². The molecule has 0 amide bonds. The van der Waals surface area contributed by atoms with Crippen molar-refractivity contribution in [3.63, 3.8) is 0 Å². The molecule has 0 unspecified atom stereocenters. The summed E-state index contributed by atoms with van der Waals surface area (Å²) < 4.78 is 31.4. The van der Waals surface area contributed by atoms with Gasteiger partial charge in [-0.25, -0.2) is 9.18 Å². The van der Waals surface area contributed by atoms with Crippen LogP contribution in [0.4, 0.5) is 8.78 Å². The molecule has 0 spiro atoms. The van der Waals surface area contributed by atoms with Gasteiger partial charge in [-0.2, -0.15) is 4.39 Å². The molecule has 0 aliphatic rings. The molecule has 3 nitrogen and oxygen atoms in total. The van der Waals surface area contributed by atoms with E-state index in [1.165, 1.54) is 0 Å². The molecule has 0 saturated heterocycles. The third-order valence-corrected chi connectivity index (χ3v) is 1.69. The van der Waals surface area contributed by atoms with Crippen LogP contribution in [-0.4, -0.2) is 16.7 Å². The number of aromatic carboxylic acids is 1. The Labute approximate surface area is 91.7 Å². The van der Waals surface area contributed by atoms with Gasteiger partial charge in [-0.05, 0) is 32.9 Å². The van der Waals surface area contributed by atoms with E-state index < -0.39 is 34.5 Å². The van der Waals surface area contributed by atoms with Gasteiger partial charge in [0.1, 0.15) is 11.2 Å². The van der Waals surface area contributed by atoms with E-state index in [2.05, 4.69) is 0 Å². The highest BCUT2D eigenvalue weighted by atomic mass is 19.2. The van der Waals surface area contributed by atoms with Gasteiger partial charge in [0.05, 0.1) is 0 Å². The minimum Gasteiger partial charge on any atom is -0.484 e. The first-order valence-electron chi connectivity index (χ1n) is 4.62. The second-order valence-electron chi connectivity index (χ2n) is 4.26. The molecule has 1 aromatic rings. The largest absolute Gasteiger partial charge is 0.484 e. The van der Waals surface area contributed by atoms with Gasteiger partial charge in [0.2, 0.25) is 5.82 Å². The van der Waals surface area contributed by atoms with Crippen LogP contribution in [0.15, 0.2) is 12.1 Å². The van der Waals surface area contributed by atoms with E-state index in [4.69, 9.17) is 9.84 Å². The third kappa shape index (κ3) is 2.68. The number of carboxylic acid groups (broad SMARTS) is 1. The lowest BCUT2D eigenvalue weighted by molar-refractivity contribution is 0.0676. The van der Waals surface area contributed by atoms with Crippen LogP contribution in [0.1, 0.15) is 31.1 Å². The molecule has 0 heterocycles. The predicted molar refractivity (Wildman–Crippen MR) is 53.7 cm³/mol. The topological polar surface area (TPSA) is 46.5 Å². The molecular formula is C11H12F2O3. The van der Waals surface area contributed by atoms with Crippen molar-refractivity contribution in [2.45, 2.75) is 26.4 Å². The molecular weight excluding hydrogens is 218 g/mol. The molecule has 1 N–H and O–H groups in total. The molecule has 0 fully saturated rings. The van der Waals surface area contributed by atoms with Gasteiger partial charge in [-0.15, -0.1) is 0 Å². The SMILES string of the molecule is CC(C)(C)Oc1c(C(=O)O)ccc(F)c1F. The Bertz CT molecular complexity index is 422. The summed E-state index contributed by atoms with van der Waals surface area (Å²) >= 11 is 0. The van der Waals surface area contributed by atoms with Crippen LogP contribution < -0.4 is 4.74 Å². The minimum absolute atomic E-state index is 0.395. The Morgan fingerprint density at radius 3 is 2.31 bits per heavy atom. The molecule has 0 saturated carbocycles. The number of ether oxygens (including phenoxy) is 1. The smallest absolute Gasteiger partial charge is 0.339 e. The Kier molecular flexibility index (Phi) is 3.16. The van der Waals surface area contributed by atoms with Gasteiger partial charge >= 0.3 is 5.97 Å². The van der Waals surface area contributed by atoms with Crippen molar-refractivity contribution < 1.29 is 23.4 Å². The van der Waals surface area contributed by atoms with Gasteiger partial charge in [0.25, 0.3) is 0 Å². The fourth-order valence-corrected chi connectivity index (χ4v) is 1.11. The van der Waals surface area contributed by atoms with Crippen LogP contribution in [-0.2, 0) is 0 Å². The Morgan fingerprint density at radius 1 is 1.31 bits per heavy atom. The Balaban J connectivity index is 3.32. The van der Waals surface area contributed by atoms with Crippen LogP contribution in [0.25, 0.3) is 0 Å². The van der Waals surface area contributed by atoms with E-state index in [0.29, 0.717) is 0 Å². The molecule has 0 aliphatic heterocycles. The van der Waals surface area contributed by atoms with Crippen LogP contribution in [0.3, 0.4) is 0 Å².